The minimum Gasteiger partial charge on any atom is -0.478 e. The van der Waals surface area contributed by atoms with Gasteiger partial charge < -0.3 is 14.6 Å². The lowest BCUT2D eigenvalue weighted by atomic mass is 10.2. The highest BCUT2D eigenvalue weighted by Gasteiger charge is 2.12. The number of carbonyl (C=O) groups excluding carboxylic acids is 1. The molecule has 1 N–H and O–H groups in total. The lowest BCUT2D eigenvalue weighted by molar-refractivity contribution is 0.0430. The van der Waals surface area contributed by atoms with Crippen molar-refractivity contribution in [3.63, 3.8) is 0 Å². The van der Waals surface area contributed by atoms with E-state index in [1.807, 2.05) is 6.07 Å². The first-order valence-corrected chi connectivity index (χ1v) is 4.66. The lowest BCUT2D eigenvalue weighted by Crippen LogP contribution is -2.10. The average Bonchev–Trinajstić information content (AvgIpc) is 2.33. The highest BCUT2D eigenvalue weighted by molar-refractivity contribution is 5.92. The quantitative estimate of drug-likeness (QED) is 0.742. The van der Waals surface area contributed by atoms with Gasteiger partial charge in [-0.1, -0.05) is 12.1 Å². The van der Waals surface area contributed by atoms with Gasteiger partial charge in [0.05, 0.1) is 6.61 Å². The van der Waals surface area contributed by atoms with Gasteiger partial charge in [0.1, 0.15) is 24.0 Å². The SMILES string of the molecule is N#CCOc1ccccc1C(=O)OCCO. The molecule has 5 nitrogen and oxygen atoms in total. The van der Waals surface area contributed by atoms with Gasteiger partial charge in [-0.05, 0) is 12.1 Å². The number of para-hydroxylation sites is 1. The van der Waals surface area contributed by atoms with Crippen molar-refractivity contribution >= 4 is 5.97 Å². The van der Waals surface area contributed by atoms with E-state index in [4.69, 9.17) is 19.8 Å². The van der Waals surface area contributed by atoms with Crippen LogP contribution in [0.5, 0.6) is 5.75 Å². The predicted octanol–water partition coefficient (Wildman–Crippen LogP) is 0.738. The van der Waals surface area contributed by atoms with Crippen LogP contribution in [0.4, 0.5) is 0 Å². The molecular formula is C11H11NO4. The molecule has 0 atom stereocenters. The van der Waals surface area contributed by atoms with E-state index in [9.17, 15) is 4.79 Å². The molecule has 5 heteroatoms. The van der Waals surface area contributed by atoms with Gasteiger partial charge in [-0.2, -0.15) is 5.26 Å². The van der Waals surface area contributed by atoms with Crippen molar-refractivity contribution in [3.8, 4) is 11.8 Å². The predicted molar refractivity (Wildman–Crippen MR) is 54.9 cm³/mol. The lowest BCUT2D eigenvalue weighted by Gasteiger charge is -2.08. The van der Waals surface area contributed by atoms with Crippen molar-refractivity contribution in [1.29, 1.82) is 5.26 Å². The first-order chi connectivity index (χ1) is 7.79. The van der Waals surface area contributed by atoms with E-state index in [1.54, 1.807) is 18.2 Å². The molecule has 0 fully saturated rings. The Balaban J connectivity index is 2.77. The molecule has 0 saturated heterocycles. The maximum absolute atomic E-state index is 11.5. The Morgan fingerprint density at radius 2 is 2.19 bits per heavy atom. The van der Waals surface area contributed by atoms with E-state index < -0.39 is 5.97 Å². The van der Waals surface area contributed by atoms with E-state index in [0.29, 0.717) is 5.75 Å². The number of nitriles is 1. The Hall–Kier alpha value is -2.06. The van der Waals surface area contributed by atoms with Gasteiger partial charge in [-0.25, -0.2) is 4.79 Å². The van der Waals surface area contributed by atoms with E-state index in [2.05, 4.69) is 0 Å². The highest BCUT2D eigenvalue weighted by atomic mass is 16.5. The standard InChI is InChI=1S/C11H11NO4/c12-5-7-15-10-4-2-1-3-9(10)11(14)16-8-6-13/h1-4,13H,6-8H2. The zero-order valence-corrected chi connectivity index (χ0v) is 8.55. The summed E-state index contributed by atoms with van der Waals surface area (Å²) in [6, 6.07) is 8.27. The summed E-state index contributed by atoms with van der Waals surface area (Å²) in [5, 5.41) is 16.9. The molecule has 0 unspecified atom stereocenters. The van der Waals surface area contributed by atoms with Crippen LogP contribution >= 0.6 is 0 Å². The number of benzene rings is 1. The Morgan fingerprint density at radius 1 is 1.44 bits per heavy atom. The topological polar surface area (TPSA) is 79.5 Å². The fourth-order valence-corrected chi connectivity index (χ4v) is 1.09. The van der Waals surface area contributed by atoms with E-state index in [-0.39, 0.29) is 25.4 Å². The summed E-state index contributed by atoms with van der Waals surface area (Å²) in [5.74, 6) is -0.283. The van der Waals surface area contributed by atoms with Crippen molar-refractivity contribution in [3.05, 3.63) is 29.8 Å². The van der Waals surface area contributed by atoms with Crippen LogP contribution in [0.25, 0.3) is 0 Å². The molecule has 0 heterocycles. The van der Waals surface area contributed by atoms with Gasteiger partial charge in [0.2, 0.25) is 0 Å². The van der Waals surface area contributed by atoms with Crippen molar-refractivity contribution in [2.24, 2.45) is 0 Å². The van der Waals surface area contributed by atoms with Crippen molar-refractivity contribution in [2.45, 2.75) is 0 Å². The molecule has 84 valence electrons. The van der Waals surface area contributed by atoms with Crippen molar-refractivity contribution in [1.82, 2.24) is 0 Å². The summed E-state index contributed by atoms with van der Waals surface area (Å²) in [4.78, 5) is 11.5. The van der Waals surface area contributed by atoms with Crippen LogP contribution in [0.15, 0.2) is 24.3 Å². The van der Waals surface area contributed by atoms with Gasteiger partial charge in [-0.3, -0.25) is 0 Å². The molecule has 1 rings (SSSR count). The number of carbonyl (C=O) groups is 1. The third-order valence-electron chi connectivity index (χ3n) is 1.72. The molecule has 0 spiro atoms. The molecule has 0 aliphatic rings. The first kappa shape index (κ1) is 12.0. The van der Waals surface area contributed by atoms with Gasteiger partial charge in [0, 0.05) is 0 Å². The molecule has 0 bridgehead atoms. The van der Waals surface area contributed by atoms with Crippen LogP contribution in [0.1, 0.15) is 10.4 Å². The fourth-order valence-electron chi connectivity index (χ4n) is 1.09. The molecule has 0 aliphatic carbocycles. The molecule has 0 aromatic heterocycles. The Morgan fingerprint density at radius 3 is 2.88 bits per heavy atom. The number of aliphatic hydroxyl groups is 1. The molecule has 16 heavy (non-hydrogen) atoms. The minimum atomic E-state index is -0.581. The van der Waals surface area contributed by atoms with Crippen molar-refractivity contribution in [2.75, 3.05) is 19.8 Å². The number of hydrogen-bond donors (Lipinski definition) is 1. The van der Waals surface area contributed by atoms with Crippen LogP contribution < -0.4 is 4.74 Å². The third-order valence-corrected chi connectivity index (χ3v) is 1.72. The fraction of sp³-hybridized carbons (Fsp3) is 0.273. The van der Waals surface area contributed by atoms with Crippen LogP contribution in [0.2, 0.25) is 0 Å². The second-order valence-electron chi connectivity index (χ2n) is 2.80. The third kappa shape index (κ3) is 3.26. The second-order valence-corrected chi connectivity index (χ2v) is 2.80. The summed E-state index contributed by atoms with van der Waals surface area (Å²) < 4.78 is 9.81. The Labute approximate surface area is 92.8 Å². The second kappa shape index (κ2) is 6.43. The molecule has 0 saturated carbocycles. The van der Waals surface area contributed by atoms with Crippen LogP contribution in [-0.2, 0) is 4.74 Å². The summed E-state index contributed by atoms with van der Waals surface area (Å²) >= 11 is 0. The number of aliphatic hydroxyl groups excluding tert-OH is 1. The number of hydrogen-bond acceptors (Lipinski definition) is 5. The monoisotopic (exact) mass is 221 g/mol. The maximum atomic E-state index is 11.5. The molecule has 0 amide bonds. The normalized spacial score (nSPS) is 9.25. The summed E-state index contributed by atoms with van der Waals surface area (Å²) in [6.45, 7) is -0.428. The van der Waals surface area contributed by atoms with Crippen LogP contribution in [0.3, 0.4) is 0 Å². The number of esters is 1. The first-order valence-electron chi connectivity index (χ1n) is 4.66. The molecule has 0 aliphatic heterocycles. The molecule has 1 aromatic rings. The van der Waals surface area contributed by atoms with Gasteiger partial charge in [-0.15, -0.1) is 0 Å². The summed E-state index contributed by atoms with van der Waals surface area (Å²) in [7, 11) is 0. The minimum absolute atomic E-state index is 0.0641. The number of ether oxygens (including phenoxy) is 2. The zero-order valence-electron chi connectivity index (χ0n) is 8.55. The zero-order chi connectivity index (χ0) is 11.8. The Bertz CT molecular complexity index is 397. The number of rotatable bonds is 5. The van der Waals surface area contributed by atoms with E-state index in [1.165, 1.54) is 6.07 Å². The number of nitrogens with zero attached hydrogens (tertiary/aromatic N) is 1. The van der Waals surface area contributed by atoms with E-state index in [0.717, 1.165) is 0 Å². The van der Waals surface area contributed by atoms with Gasteiger partial charge in [0.15, 0.2) is 6.61 Å². The Kier molecular flexibility index (Phi) is 4.83. The molecular weight excluding hydrogens is 210 g/mol. The van der Waals surface area contributed by atoms with Gasteiger partial charge in [0.25, 0.3) is 0 Å². The van der Waals surface area contributed by atoms with Crippen LogP contribution in [0, 0.1) is 11.3 Å². The van der Waals surface area contributed by atoms with E-state index >= 15 is 0 Å². The molecule has 0 radical (unpaired) electrons. The van der Waals surface area contributed by atoms with Gasteiger partial charge >= 0.3 is 5.97 Å². The summed E-state index contributed by atoms with van der Waals surface area (Å²) in [5.41, 5.74) is 0.242. The molecule has 1 aromatic carbocycles. The smallest absolute Gasteiger partial charge is 0.342 e. The van der Waals surface area contributed by atoms with Crippen LogP contribution in [-0.4, -0.2) is 30.9 Å². The average molecular weight is 221 g/mol. The van der Waals surface area contributed by atoms with Crippen molar-refractivity contribution < 1.29 is 19.4 Å². The maximum Gasteiger partial charge on any atom is 0.342 e. The highest BCUT2D eigenvalue weighted by Crippen LogP contribution is 2.18. The summed E-state index contributed by atoms with van der Waals surface area (Å²) in [6.07, 6.45) is 0. The largest absolute Gasteiger partial charge is 0.478 e.